The minimum atomic E-state index is -1.16. The van der Waals surface area contributed by atoms with Gasteiger partial charge in [-0.05, 0) is 40.5 Å². The molecule has 3 aromatic rings. The molecule has 0 radical (unpaired) electrons. The minimum Gasteiger partial charge on any atom is -0.477 e. The number of β-lactam (4-membered cyclic amide) rings is 1. The fourth-order valence-electron chi connectivity index (χ4n) is 4.43. The molecular formula is C28H21Br2ClN2O4S2. The summed E-state index contributed by atoms with van der Waals surface area (Å²) < 4.78 is 1.67. The van der Waals surface area contributed by atoms with E-state index in [1.54, 1.807) is 0 Å². The van der Waals surface area contributed by atoms with Crippen LogP contribution < -0.4 is 5.32 Å². The molecule has 0 saturated carbocycles. The summed E-state index contributed by atoms with van der Waals surface area (Å²) in [6.07, 6.45) is 0.0976. The molecule has 0 bridgehead atoms. The van der Waals surface area contributed by atoms with E-state index in [-0.39, 0.29) is 18.0 Å². The molecule has 5 rings (SSSR count). The smallest absolute Gasteiger partial charge is 0.353 e. The summed E-state index contributed by atoms with van der Waals surface area (Å²) in [5, 5.41) is 12.4. The highest BCUT2D eigenvalue weighted by Crippen LogP contribution is 2.46. The van der Waals surface area contributed by atoms with E-state index in [0.717, 1.165) is 36.1 Å². The van der Waals surface area contributed by atoms with Gasteiger partial charge in [0, 0.05) is 30.4 Å². The molecule has 2 aliphatic heterocycles. The number of carboxylic acids is 1. The monoisotopic (exact) mass is 706 g/mol. The van der Waals surface area contributed by atoms with Crippen LogP contribution in [0.3, 0.4) is 0 Å². The molecule has 39 heavy (non-hydrogen) atoms. The van der Waals surface area contributed by atoms with Crippen LogP contribution >= 0.6 is 67.0 Å². The molecule has 2 amide bonds. The number of rotatable bonds is 8. The van der Waals surface area contributed by atoms with Crippen molar-refractivity contribution in [2.75, 3.05) is 5.75 Å². The molecule has 2 aliphatic rings. The summed E-state index contributed by atoms with van der Waals surface area (Å²) in [5.74, 6) is -1.05. The van der Waals surface area contributed by atoms with E-state index in [1.165, 1.54) is 28.4 Å². The highest BCUT2D eigenvalue weighted by molar-refractivity contribution is 9.11. The average molecular weight is 709 g/mol. The lowest BCUT2D eigenvalue weighted by molar-refractivity contribution is -0.150. The zero-order chi connectivity index (χ0) is 27.7. The van der Waals surface area contributed by atoms with Crippen molar-refractivity contribution in [3.8, 4) is 11.1 Å². The van der Waals surface area contributed by atoms with Crippen LogP contribution in [0.2, 0.25) is 0 Å². The highest BCUT2D eigenvalue weighted by Gasteiger charge is 2.54. The second-order valence-corrected chi connectivity index (χ2v) is 13.2. The summed E-state index contributed by atoms with van der Waals surface area (Å²) in [7, 11) is 0. The van der Waals surface area contributed by atoms with Gasteiger partial charge >= 0.3 is 5.97 Å². The number of halogens is 3. The zero-order valence-corrected chi connectivity index (χ0v) is 25.8. The molecule has 0 aliphatic carbocycles. The van der Waals surface area contributed by atoms with Gasteiger partial charge in [-0.25, -0.2) is 4.79 Å². The molecule has 2 N–H and O–H groups in total. The Morgan fingerprint density at radius 3 is 2.54 bits per heavy atom. The number of amides is 2. The molecule has 0 unspecified atom stereocenters. The normalized spacial score (nSPS) is 18.4. The maximum Gasteiger partial charge on any atom is 0.353 e. The van der Waals surface area contributed by atoms with Crippen molar-refractivity contribution in [1.82, 2.24) is 10.2 Å². The van der Waals surface area contributed by atoms with Gasteiger partial charge in [0.1, 0.15) is 17.1 Å². The lowest BCUT2D eigenvalue weighted by atomic mass is 10.0. The van der Waals surface area contributed by atoms with Crippen molar-refractivity contribution in [3.63, 3.8) is 0 Å². The first kappa shape index (κ1) is 28.3. The molecule has 2 heterocycles. The van der Waals surface area contributed by atoms with Crippen LogP contribution in [0.4, 0.5) is 0 Å². The van der Waals surface area contributed by atoms with E-state index in [2.05, 4.69) is 37.2 Å². The van der Waals surface area contributed by atoms with Crippen LogP contribution in [0.15, 0.2) is 91.2 Å². The Morgan fingerprint density at radius 2 is 1.85 bits per heavy atom. The summed E-state index contributed by atoms with van der Waals surface area (Å²) in [6.45, 7) is 0. The van der Waals surface area contributed by atoms with Gasteiger partial charge < -0.3 is 10.4 Å². The van der Waals surface area contributed by atoms with E-state index in [0.29, 0.717) is 16.5 Å². The van der Waals surface area contributed by atoms with Crippen molar-refractivity contribution >= 4 is 84.8 Å². The summed E-state index contributed by atoms with van der Waals surface area (Å²) in [4.78, 5) is 41.0. The maximum absolute atomic E-state index is 13.1. The predicted octanol–water partition coefficient (Wildman–Crippen LogP) is 6.65. The van der Waals surface area contributed by atoms with Gasteiger partial charge in [0.2, 0.25) is 5.91 Å². The second-order valence-electron chi connectivity index (χ2n) is 8.87. The molecule has 0 aromatic heterocycles. The molecule has 1 fully saturated rings. The molecule has 1 saturated heterocycles. The van der Waals surface area contributed by atoms with Crippen LogP contribution in [0.25, 0.3) is 11.1 Å². The first-order valence-electron chi connectivity index (χ1n) is 11.8. The van der Waals surface area contributed by atoms with Gasteiger partial charge in [0.15, 0.2) is 0 Å². The van der Waals surface area contributed by atoms with Crippen molar-refractivity contribution in [2.24, 2.45) is 0 Å². The third kappa shape index (κ3) is 5.95. The summed E-state index contributed by atoms with van der Waals surface area (Å²) in [5.41, 5.74) is 3.73. The SMILES string of the molecule is O=C(Cc1ccc(Br)cc1Br)N[C@@H]1C(=O)N2C(C(=O)O)=C(Sc3ccccc3-c3ccc(CCl)cc3)CS[C@@H]12. The highest BCUT2D eigenvalue weighted by atomic mass is 79.9. The first-order chi connectivity index (χ1) is 18.8. The Balaban J connectivity index is 1.34. The molecule has 6 nitrogen and oxygen atoms in total. The number of thioether (sulfide) groups is 2. The van der Waals surface area contributed by atoms with Crippen LogP contribution in [0.5, 0.6) is 0 Å². The van der Waals surface area contributed by atoms with Gasteiger partial charge in [0.05, 0.1) is 6.42 Å². The Kier molecular flexibility index (Phi) is 8.78. The van der Waals surface area contributed by atoms with Crippen LogP contribution in [-0.4, -0.2) is 45.0 Å². The number of carbonyl (C=O) groups is 3. The van der Waals surface area contributed by atoms with Gasteiger partial charge in [-0.15, -0.1) is 23.4 Å². The number of benzene rings is 3. The minimum absolute atomic E-state index is 0.0257. The Morgan fingerprint density at radius 1 is 1.10 bits per heavy atom. The molecule has 0 spiro atoms. The number of hydrogen-bond donors (Lipinski definition) is 2. The van der Waals surface area contributed by atoms with Crippen molar-refractivity contribution in [2.45, 2.75) is 28.6 Å². The fourth-order valence-corrected chi connectivity index (χ4v) is 8.42. The van der Waals surface area contributed by atoms with Crippen molar-refractivity contribution < 1.29 is 19.5 Å². The second kappa shape index (κ2) is 12.1. The molecule has 2 atom stereocenters. The van der Waals surface area contributed by atoms with Gasteiger partial charge in [0.25, 0.3) is 5.91 Å². The molecule has 3 aromatic carbocycles. The van der Waals surface area contributed by atoms with Gasteiger partial charge in [-0.2, -0.15) is 0 Å². The Bertz CT molecular complexity index is 1500. The number of carboxylic acid groups (broad SMARTS) is 1. The lowest BCUT2D eigenvalue weighted by Gasteiger charge is -2.49. The molecule has 200 valence electrons. The average Bonchev–Trinajstić information content (AvgIpc) is 2.93. The number of alkyl halides is 1. The van der Waals surface area contributed by atoms with Crippen LogP contribution in [-0.2, 0) is 26.7 Å². The zero-order valence-electron chi connectivity index (χ0n) is 20.2. The number of fused-ring (bicyclic) bond motifs is 1. The molecular weight excluding hydrogens is 688 g/mol. The largest absolute Gasteiger partial charge is 0.477 e. The third-order valence-corrected chi connectivity index (χ3v) is 10.5. The quantitative estimate of drug-likeness (QED) is 0.202. The van der Waals surface area contributed by atoms with E-state index < -0.39 is 23.3 Å². The predicted molar refractivity (Wildman–Crippen MR) is 163 cm³/mol. The number of carbonyl (C=O) groups excluding carboxylic acids is 2. The maximum atomic E-state index is 13.1. The first-order valence-corrected chi connectivity index (χ1v) is 15.8. The van der Waals surface area contributed by atoms with E-state index in [1.807, 2.05) is 66.7 Å². The fraction of sp³-hybridized carbons (Fsp3) is 0.179. The Labute approximate surface area is 255 Å². The van der Waals surface area contributed by atoms with Crippen molar-refractivity contribution in [1.29, 1.82) is 0 Å². The van der Waals surface area contributed by atoms with Crippen LogP contribution in [0.1, 0.15) is 11.1 Å². The van der Waals surface area contributed by atoms with Crippen LogP contribution in [0, 0.1) is 0 Å². The lowest BCUT2D eigenvalue weighted by Crippen LogP contribution is -2.70. The van der Waals surface area contributed by atoms with E-state index in [9.17, 15) is 19.5 Å². The van der Waals surface area contributed by atoms with Crippen molar-refractivity contribution in [3.05, 3.63) is 97.4 Å². The topological polar surface area (TPSA) is 86.7 Å². The summed E-state index contributed by atoms with van der Waals surface area (Å²) in [6, 6.07) is 20.5. The Hall–Kier alpha value is -2.24. The number of hydrogen-bond acceptors (Lipinski definition) is 5. The standard InChI is InChI=1S/C28H21Br2ClN2O4S2/c29-18-10-9-17(20(30)12-18)11-23(34)32-24-26(35)33-25(28(36)37)22(14-38-27(24)33)39-21-4-2-1-3-19(21)16-7-5-15(13-31)6-8-16/h1-10,12,24,27H,11,13-14H2,(H,32,34)(H,36,37)/t24-,27+/m1/s1. The van der Waals surface area contributed by atoms with E-state index >= 15 is 0 Å². The molecule has 11 heteroatoms. The van der Waals surface area contributed by atoms with Gasteiger partial charge in [-0.3, -0.25) is 14.5 Å². The number of aliphatic carboxylic acids is 1. The summed E-state index contributed by atoms with van der Waals surface area (Å²) >= 11 is 15.6. The number of nitrogens with one attached hydrogen (secondary N) is 1. The third-order valence-electron chi connectivity index (χ3n) is 6.36. The van der Waals surface area contributed by atoms with Gasteiger partial charge in [-0.1, -0.05) is 92.2 Å². The number of nitrogens with zero attached hydrogens (tertiary/aromatic N) is 1. The van der Waals surface area contributed by atoms with E-state index in [4.69, 9.17) is 11.6 Å².